The van der Waals surface area contributed by atoms with Crippen LogP contribution in [0, 0.1) is 0 Å². The molecular formula is C10H12LiNO2. The summed E-state index contributed by atoms with van der Waals surface area (Å²) in [7, 11) is 0. The van der Waals surface area contributed by atoms with E-state index in [2.05, 4.69) is 5.32 Å². The van der Waals surface area contributed by atoms with E-state index in [9.17, 15) is 4.79 Å². The van der Waals surface area contributed by atoms with Crippen molar-refractivity contribution < 1.29 is 29.8 Å². The Balaban J connectivity index is 0.000000980. The Kier molecular flexibility index (Phi) is 4.06. The summed E-state index contributed by atoms with van der Waals surface area (Å²) in [6.07, 6.45) is 0.482. The molecule has 1 unspecified atom stereocenters. The maximum Gasteiger partial charge on any atom is 1.00 e. The predicted octanol–water partition coefficient (Wildman–Crippen LogP) is -1.55. The van der Waals surface area contributed by atoms with Crippen molar-refractivity contribution in [2.75, 3.05) is 6.54 Å². The summed E-state index contributed by atoms with van der Waals surface area (Å²) in [6.45, 7) is 0.619. The van der Waals surface area contributed by atoms with Crippen molar-refractivity contribution in [3.05, 3.63) is 35.9 Å². The van der Waals surface area contributed by atoms with Gasteiger partial charge in [0.1, 0.15) is 6.10 Å². The van der Waals surface area contributed by atoms with Crippen LogP contribution in [-0.2, 0) is 11.2 Å². The number of carbonyl (C=O) groups excluding carboxylic acids is 1. The average molecular weight is 185 g/mol. The summed E-state index contributed by atoms with van der Waals surface area (Å²) in [6, 6.07) is 10.0. The number of alkyl carbamates (subject to hydrolysis) is 1. The third-order valence-corrected chi connectivity index (χ3v) is 2.05. The van der Waals surface area contributed by atoms with Crippen molar-refractivity contribution in [1.29, 1.82) is 0 Å². The van der Waals surface area contributed by atoms with Crippen LogP contribution in [0.15, 0.2) is 30.3 Å². The molecule has 1 atom stereocenters. The third-order valence-electron chi connectivity index (χ3n) is 2.05. The maximum absolute atomic E-state index is 10.7. The summed E-state index contributed by atoms with van der Waals surface area (Å²) in [5.74, 6) is 0. The SMILES string of the molecule is O=C1NCC(Cc2ccccc2)O1.[H-].[Li+]. The molecule has 70 valence electrons. The normalized spacial score (nSPS) is 19.4. The first-order valence-corrected chi connectivity index (χ1v) is 4.33. The molecule has 0 radical (unpaired) electrons. The number of hydrogen-bond donors (Lipinski definition) is 1. The number of ether oxygens (including phenoxy) is 1. The van der Waals surface area contributed by atoms with Crippen LogP contribution in [0.5, 0.6) is 0 Å². The van der Waals surface area contributed by atoms with Crippen LogP contribution in [0.3, 0.4) is 0 Å². The van der Waals surface area contributed by atoms with Crippen molar-refractivity contribution in [1.82, 2.24) is 5.32 Å². The monoisotopic (exact) mass is 185 g/mol. The fourth-order valence-electron chi connectivity index (χ4n) is 1.42. The molecule has 3 nitrogen and oxygen atoms in total. The van der Waals surface area contributed by atoms with Gasteiger partial charge < -0.3 is 11.5 Å². The van der Waals surface area contributed by atoms with Crippen LogP contribution < -0.4 is 24.2 Å². The van der Waals surface area contributed by atoms with Crippen LogP contribution in [0.1, 0.15) is 6.99 Å². The van der Waals surface area contributed by atoms with Crippen molar-refractivity contribution >= 4 is 6.09 Å². The first-order chi connectivity index (χ1) is 6.34. The Morgan fingerprint density at radius 1 is 1.43 bits per heavy atom. The Bertz CT molecular complexity index is 308. The molecule has 1 saturated heterocycles. The molecule has 1 amide bonds. The molecule has 1 heterocycles. The van der Waals surface area contributed by atoms with Crippen molar-refractivity contribution in [3.8, 4) is 0 Å². The van der Waals surface area contributed by atoms with Crippen molar-refractivity contribution in [2.45, 2.75) is 12.5 Å². The minimum absolute atomic E-state index is 0. The zero-order chi connectivity index (χ0) is 9.10. The van der Waals surface area contributed by atoms with E-state index >= 15 is 0 Å². The van der Waals surface area contributed by atoms with Gasteiger partial charge in [0.15, 0.2) is 0 Å². The van der Waals surface area contributed by atoms with Crippen molar-refractivity contribution in [3.63, 3.8) is 0 Å². The summed E-state index contributed by atoms with van der Waals surface area (Å²) < 4.78 is 5.02. The number of rotatable bonds is 2. The predicted molar refractivity (Wildman–Crippen MR) is 49.5 cm³/mol. The minimum atomic E-state index is -0.305. The minimum Gasteiger partial charge on any atom is -1.00 e. The molecule has 14 heavy (non-hydrogen) atoms. The van der Waals surface area contributed by atoms with Gasteiger partial charge in [0, 0.05) is 6.42 Å². The fourth-order valence-corrected chi connectivity index (χ4v) is 1.42. The summed E-state index contributed by atoms with van der Waals surface area (Å²) in [5, 5.41) is 2.63. The summed E-state index contributed by atoms with van der Waals surface area (Å²) >= 11 is 0. The van der Waals surface area contributed by atoms with E-state index in [1.807, 2.05) is 30.3 Å². The molecule has 1 aliphatic rings. The standard InChI is InChI=1S/C10H11NO2.Li.H/c12-10-11-7-9(13-10)6-8-4-2-1-3-5-8;;/h1-5,9H,6-7H2,(H,11,12);;/q;+1;-1. The van der Waals surface area contributed by atoms with Gasteiger partial charge in [-0.25, -0.2) is 4.79 Å². The van der Waals surface area contributed by atoms with Crippen LogP contribution in [0.4, 0.5) is 4.79 Å². The fraction of sp³-hybridized carbons (Fsp3) is 0.300. The second-order valence-electron chi connectivity index (χ2n) is 3.10. The van der Waals surface area contributed by atoms with Crippen LogP contribution in [0.25, 0.3) is 0 Å². The summed E-state index contributed by atoms with van der Waals surface area (Å²) in [4.78, 5) is 10.7. The molecule has 1 aliphatic heterocycles. The smallest absolute Gasteiger partial charge is 1.00 e. The van der Waals surface area contributed by atoms with Gasteiger partial charge >= 0.3 is 25.0 Å². The Morgan fingerprint density at radius 2 is 2.14 bits per heavy atom. The van der Waals surface area contributed by atoms with E-state index in [0.29, 0.717) is 6.54 Å². The van der Waals surface area contributed by atoms with E-state index in [1.54, 1.807) is 0 Å². The van der Waals surface area contributed by atoms with E-state index in [-0.39, 0.29) is 32.5 Å². The van der Waals surface area contributed by atoms with Crippen molar-refractivity contribution in [2.24, 2.45) is 0 Å². The molecule has 0 aromatic heterocycles. The van der Waals surface area contributed by atoms with E-state index < -0.39 is 0 Å². The number of cyclic esters (lactones) is 1. The summed E-state index contributed by atoms with van der Waals surface area (Å²) in [5.41, 5.74) is 1.20. The molecule has 1 aromatic carbocycles. The largest absolute Gasteiger partial charge is 1.00 e. The van der Waals surface area contributed by atoms with Gasteiger partial charge in [-0.1, -0.05) is 30.3 Å². The van der Waals surface area contributed by atoms with Crippen LogP contribution in [0.2, 0.25) is 0 Å². The Labute approximate surface area is 96.5 Å². The van der Waals surface area contributed by atoms with Gasteiger partial charge in [-0.2, -0.15) is 0 Å². The first kappa shape index (κ1) is 11.2. The van der Waals surface area contributed by atoms with Gasteiger partial charge in [-0.15, -0.1) is 0 Å². The molecule has 0 spiro atoms. The molecular weight excluding hydrogens is 173 g/mol. The number of carbonyl (C=O) groups is 1. The Hall–Kier alpha value is -0.913. The van der Waals surface area contributed by atoms with E-state index in [1.165, 1.54) is 5.56 Å². The Morgan fingerprint density at radius 3 is 2.71 bits per heavy atom. The second kappa shape index (κ2) is 5.09. The van der Waals surface area contributed by atoms with Gasteiger partial charge in [0.25, 0.3) is 0 Å². The number of amides is 1. The molecule has 1 aromatic rings. The zero-order valence-corrected chi connectivity index (χ0v) is 8.19. The second-order valence-corrected chi connectivity index (χ2v) is 3.10. The molecule has 2 rings (SSSR count). The number of benzene rings is 1. The van der Waals surface area contributed by atoms with Gasteiger partial charge in [-0.05, 0) is 5.56 Å². The van der Waals surface area contributed by atoms with Crippen LogP contribution >= 0.6 is 0 Å². The van der Waals surface area contributed by atoms with Crippen LogP contribution in [-0.4, -0.2) is 18.7 Å². The molecule has 0 saturated carbocycles. The van der Waals surface area contributed by atoms with E-state index in [4.69, 9.17) is 4.74 Å². The first-order valence-electron chi connectivity index (χ1n) is 4.33. The quantitative estimate of drug-likeness (QED) is 0.567. The molecule has 1 N–H and O–H groups in total. The topological polar surface area (TPSA) is 38.3 Å². The number of hydrogen-bond acceptors (Lipinski definition) is 2. The third kappa shape index (κ3) is 2.80. The maximum atomic E-state index is 10.7. The van der Waals surface area contributed by atoms with E-state index in [0.717, 1.165) is 6.42 Å². The van der Waals surface area contributed by atoms with Gasteiger partial charge in [0.2, 0.25) is 0 Å². The van der Waals surface area contributed by atoms with Gasteiger partial charge in [0.05, 0.1) is 6.54 Å². The molecule has 4 heteroatoms. The average Bonchev–Trinajstić information content (AvgIpc) is 2.53. The van der Waals surface area contributed by atoms with Gasteiger partial charge in [-0.3, -0.25) is 0 Å². The zero-order valence-electron chi connectivity index (χ0n) is 9.19. The number of nitrogens with one attached hydrogen (secondary N) is 1. The molecule has 0 bridgehead atoms. The molecule has 1 fully saturated rings. The molecule has 0 aliphatic carbocycles.